The van der Waals surface area contributed by atoms with Crippen LogP contribution in [0.15, 0.2) is 47.4 Å². The maximum atomic E-state index is 12.8. The van der Waals surface area contributed by atoms with Crippen molar-refractivity contribution in [2.24, 2.45) is 0 Å². The van der Waals surface area contributed by atoms with Crippen LogP contribution in [0.3, 0.4) is 0 Å². The molecule has 0 aliphatic carbocycles. The number of carbonyl (C=O) groups is 1. The van der Waals surface area contributed by atoms with E-state index in [0.717, 1.165) is 41.0 Å². The quantitative estimate of drug-likeness (QED) is 0.812. The van der Waals surface area contributed by atoms with Gasteiger partial charge in [0.1, 0.15) is 19.0 Å². The van der Waals surface area contributed by atoms with Crippen molar-refractivity contribution in [2.75, 3.05) is 6.54 Å². The Labute approximate surface area is 140 Å². The van der Waals surface area contributed by atoms with Gasteiger partial charge in [-0.3, -0.25) is 4.79 Å². The first-order valence-corrected chi connectivity index (χ1v) is 8.73. The van der Waals surface area contributed by atoms with Crippen LogP contribution in [-0.2, 0) is 26.2 Å². The predicted octanol–water partition coefficient (Wildman–Crippen LogP) is 2.46. The lowest BCUT2D eigenvalue weighted by Crippen LogP contribution is -2.30. The third-order valence-electron chi connectivity index (χ3n) is 3.42. The molecule has 128 valence electrons. The van der Waals surface area contributed by atoms with Gasteiger partial charge in [-0.1, -0.05) is 23.8 Å². The molecule has 24 heavy (non-hydrogen) atoms. The van der Waals surface area contributed by atoms with Crippen molar-refractivity contribution < 1.29 is 22.3 Å². The molecular weight excluding hydrogens is 333 g/mol. The van der Waals surface area contributed by atoms with Crippen LogP contribution in [0.1, 0.15) is 16.7 Å². The maximum absolute atomic E-state index is 12.8. The minimum absolute atomic E-state index is 0.0740. The summed E-state index contributed by atoms with van der Waals surface area (Å²) < 4.78 is 44.0. The molecule has 0 radical (unpaired) electrons. The summed E-state index contributed by atoms with van der Waals surface area (Å²) in [4.78, 5) is 11.6. The highest BCUT2D eigenvalue weighted by molar-refractivity contribution is 7.89. The van der Waals surface area contributed by atoms with Gasteiger partial charge in [-0.25, -0.2) is 12.8 Å². The molecule has 0 bridgehead atoms. The van der Waals surface area contributed by atoms with Crippen LogP contribution < -0.4 is 4.72 Å². The molecule has 7 heteroatoms. The average molecular weight is 351 g/mol. The smallest absolute Gasteiger partial charge is 0.321 e. The Balaban J connectivity index is 1.91. The summed E-state index contributed by atoms with van der Waals surface area (Å²) in [6.07, 6.45) is 0. The van der Waals surface area contributed by atoms with E-state index in [-0.39, 0.29) is 11.5 Å². The maximum Gasteiger partial charge on any atom is 0.321 e. The Morgan fingerprint density at radius 3 is 2.46 bits per heavy atom. The summed E-state index contributed by atoms with van der Waals surface area (Å²) in [6, 6.07) is 10.1. The fourth-order valence-electron chi connectivity index (χ4n) is 2.02. The van der Waals surface area contributed by atoms with E-state index >= 15 is 0 Å². The molecule has 0 unspecified atom stereocenters. The molecule has 0 heterocycles. The van der Waals surface area contributed by atoms with Crippen LogP contribution >= 0.6 is 0 Å². The minimum Gasteiger partial charge on any atom is -0.460 e. The van der Waals surface area contributed by atoms with E-state index in [1.54, 1.807) is 0 Å². The second kappa shape index (κ2) is 7.55. The monoisotopic (exact) mass is 351 g/mol. The first-order valence-electron chi connectivity index (χ1n) is 7.25. The SMILES string of the molecule is Cc1ccc(C)c(COC(=O)CNS(=O)(=O)c2ccc(F)cc2)c1. The number of rotatable bonds is 6. The summed E-state index contributed by atoms with van der Waals surface area (Å²) in [7, 11) is -3.89. The fraction of sp³-hybridized carbons (Fsp3) is 0.235. The van der Waals surface area contributed by atoms with Crippen LogP contribution in [0.2, 0.25) is 0 Å². The van der Waals surface area contributed by atoms with Crippen molar-refractivity contribution in [3.63, 3.8) is 0 Å². The average Bonchev–Trinajstić information content (AvgIpc) is 2.54. The number of aryl methyl sites for hydroxylation is 2. The Morgan fingerprint density at radius 1 is 1.12 bits per heavy atom. The first kappa shape index (κ1) is 18.1. The van der Waals surface area contributed by atoms with Gasteiger partial charge in [-0.15, -0.1) is 0 Å². The van der Waals surface area contributed by atoms with Crippen LogP contribution in [0, 0.1) is 19.7 Å². The lowest BCUT2D eigenvalue weighted by Gasteiger charge is -2.10. The molecule has 0 saturated heterocycles. The van der Waals surface area contributed by atoms with Gasteiger partial charge in [0.25, 0.3) is 0 Å². The Hall–Kier alpha value is -2.25. The van der Waals surface area contributed by atoms with Gasteiger partial charge >= 0.3 is 5.97 Å². The van der Waals surface area contributed by atoms with Crippen LogP contribution in [0.5, 0.6) is 0 Å². The molecule has 0 aromatic heterocycles. The highest BCUT2D eigenvalue weighted by Gasteiger charge is 2.16. The number of halogens is 1. The van der Waals surface area contributed by atoms with Crippen molar-refractivity contribution >= 4 is 16.0 Å². The highest BCUT2D eigenvalue weighted by atomic mass is 32.2. The second-order valence-electron chi connectivity index (χ2n) is 5.37. The summed E-state index contributed by atoms with van der Waals surface area (Å²) in [5.74, 6) is -1.23. The van der Waals surface area contributed by atoms with Crippen molar-refractivity contribution in [3.8, 4) is 0 Å². The number of benzene rings is 2. The molecule has 0 aliphatic rings. The standard InChI is InChI=1S/C17H18FNO4S/c1-12-3-4-13(2)14(9-12)11-23-17(20)10-19-24(21,22)16-7-5-15(18)6-8-16/h3-9,19H,10-11H2,1-2H3. The molecule has 0 amide bonds. The number of ether oxygens (including phenoxy) is 1. The number of hydrogen-bond acceptors (Lipinski definition) is 4. The molecule has 2 aromatic carbocycles. The summed E-state index contributed by atoms with van der Waals surface area (Å²) in [6.45, 7) is 3.41. The molecule has 1 N–H and O–H groups in total. The van der Waals surface area contributed by atoms with Gasteiger partial charge in [0, 0.05) is 0 Å². The van der Waals surface area contributed by atoms with Gasteiger partial charge < -0.3 is 4.74 Å². The third kappa shape index (κ3) is 4.87. The van der Waals surface area contributed by atoms with E-state index in [4.69, 9.17) is 4.74 Å². The van der Waals surface area contributed by atoms with E-state index in [9.17, 15) is 17.6 Å². The van der Waals surface area contributed by atoms with Gasteiger partial charge in [-0.05, 0) is 49.2 Å². The zero-order valence-corrected chi connectivity index (χ0v) is 14.2. The largest absolute Gasteiger partial charge is 0.460 e. The summed E-state index contributed by atoms with van der Waals surface area (Å²) >= 11 is 0. The molecule has 5 nitrogen and oxygen atoms in total. The van der Waals surface area contributed by atoms with Crippen LogP contribution in [-0.4, -0.2) is 20.9 Å². The van der Waals surface area contributed by atoms with Crippen molar-refractivity contribution in [2.45, 2.75) is 25.3 Å². The Bertz CT molecular complexity index is 832. The number of hydrogen-bond donors (Lipinski definition) is 1. The van der Waals surface area contributed by atoms with Gasteiger partial charge in [0.2, 0.25) is 10.0 Å². The minimum atomic E-state index is -3.89. The van der Waals surface area contributed by atoms with Crippen molar-refractivity contribution in [1.29, 1.82) is 0 Å². The summed E-state index contributed by atoms with van der Waals surface area (Å²) in [5, 5.41) is 0. The number of sulfonamides is 1. The molecule has 2 aromatic rings. The summed E-state index contributed by atoms with van der Waals surface area (Å²) in [5.41, 5.74) is 2.90. The Morgan fingerprint density at radius 2 is 1.79 bits per heavy atom. The van der Waals surface area contributed by atoms with Crippen LogP contribution in [0.25, 0.3) is 0 Å². The molecule has 2 rings (SSSR count). The van der Waals surface area contributed by atoms with E-state index in [0.29, 0.717) is 0 Å². The molecule has 0 atom stereocenters. The Kier molecular flexibility index (Phi) is 5.69. The number of nitrogens with one attached hydrogen (secondary N) is 1. The van der Waals surface area contributed by atoms with Crippen molar-refractivity contribution in [1.82, 2.24) is 4.72 Å². The second-order valence-corrected chi connectivity index (χ2v) is 7.14. The van der Waals surface area contributed by atoms with E-state index in [2.05, 4.69) is 4.72 Å². The van der Waals surface area contributed by atoms with Gasteiger partial charge in [0.15, 0.2) is 0 Å². The normalized spacial score (nSPS) is 11.3. The van der Waals surface area contributed by atoms with Gasteiger partial charge in [-0.2, -0.15) is 4.72 Å². The molecule has 0 fully saturated rings. The lowest BCUT2D eigenvalue weighted by atomic mass is 10.1. The molecule has 0 aliphatic heterocycles. The first-order chi connectivity index (χ1) is 11.3. The fourth-order valence-corrected chi connectivity index (χ4v) is 2.98. The zero-order valence-electron chi connectivity index (χ0n) is 13.4. The van der Waals surface area contributed by atoms with Gasteiger partial charge in [0.05, 0.1) is 4.90 Å². The molecular formula is C17H18FNO4S. The van der Waals surface area contributed by atoms with E-state index in [1.807, 2.05) is 32.0 Å². The lowest BCUT2D eigenvalue weighted by molar-refractivity contribution is -0.143. The highest BCUT2D eigenvalue weighted by Crippen LogP contribution is 2.12. The van der Waals surface area contributed by atoms with E-state index in [1.165, 1.54) is 0 Å². The zero-order chi connectivity index (χ0) is 17.7. The predicted molar refractivity (Wildman–Crippen MR) is 87.3 cm³/mol. The molecule has 0 saturated carbocycles. The molecule has 0 spiro atoms. The number of esters is 1. The topological polar surface area (TPSA) is 72.5 Å². The third-order valence-corrected chi connectivity index (χ3v) is 4.84. The van der Waals surface area contributed by atoms with Crippen molar-refractivity contribution in [3.05, 3.63) is 65.0 Å². The van der Waals surface area contributed by atoms with E-state index < -0.39 is 28.4 Å². The van der Waals surface area contributed by atoms with Crippen LogP contribution in [0.4, 0.5) is 4.39 Å². The number of carbonyl (C=O) groups excluding carboxylic acids is 1.